The Labute approximate surface area is 153 Å². The molecule has 1 aromatic carbocycles. The van der Waals surface area contributed by atoms with Crippen LogP contribution in [0.3, 0.4) is 0 Å². The highest BCUT2D eigenvalue weighted by Crippen LogP contribution is 2.19. The fourth-order valence-corrected chi connectivity index (χ4v) is 2.58. The molecule has 0 aliphatic rings. The molecule has 0 bridgehead atoms. The van der Waals surface area contributed by atoms with Crippen molar-refractivity contribution < 1.29 is 19.1 Å². The lowest BCUT2D eigenvalue weighted by atomic mass is 10.0. The van der Waals surface area contributed by atoms with Crippen LogP contribution in [0.15, 0.2) is 30.5 Å². The van der Waals surface area contributed by atoms with Gasteiger partial charge in [-0.3, -0.25) is 4.79 Å². The van der Waals surface area contributed by atoms with Crippen molar-refractivity contribution in [1.82, 2.24) is 15.6 Å². The van der Waals surface area contributed by atoms with Gasteiger partial charge in [-0.15, -0.1) is 0 Å². The summed E-state index contributed by atoms with van der Waals surface area (Å²) >= 11 is 0. The third kappa shape index (κ3) is 5.77. The Hall–Kier alpha value is -2.54. The van der Waals surface area contributed by atoms with Crippen LogP contribution in [-0.2, 0) is 20.7 Å². The molecule has 0 aliphatic carbocycles. The predicted molar refractivity (Wildman–Crippen MR) is 100 cm³/mol. The van der Waals surface area contributed by atoms with Crippen molar-refractivity contribution in [3.05, 3.63) is 36.0 Å². The summed E-state index contributed by atoms with van der Waals surface area (Å²) in [6.45, 7) is 6.10. The first kappa shape index (κ1) is 19.8. The first-order valence-electron chi connectivity index (χ1n) is 8.61. The lowest BCUT2D eigenvalue weighted by molar-refractivity contribution is -0.123. The maximum absolute atomic E-state index is 12.5. The van der Waals surface area contributed by atoms with Gasteiger partial charge >= 0.3 is 6.09 Å². The zero-order valence-electron chi connectivity index (χ0n) is 15.7. The number of nitrogens with one attached hydrogen (secondary N) is 3. The lowest BCUT2D eigenvalue weighted by Crippen LogP contribution is -2.49. The van der Waals surface area contributed by atoms with E-state index in [1.54, 1.807) is 27.9 Å². The van der Waals surface area contributed by atoms with E-state index in [0.717, 1.165) is 16.5 Å². The number of alkyl carbamates (subject to hydrolysis) is 1. The largest absolute Gasteiger partial charge is 0.444 e. The van der Waals surface area contributed by atoms with E-state index >= 15 is 0 Å². The van der Waals surface area contributed by atoms with Gasteiger partial charge in [0.2, 0.25) is 5.91 Å². The molecule has 1 atom stereocenters. The second-order valence-electron chi connectivity index (χ2n) is 7.05. The standard InChI is InChI=1S/C19H27N3O4/c1-19(2,3)26-18(24)22-16(17(23)20-9-10-25-4)11-13-12-21-15-8-6-5-7-14(13)15/h5-8,12,16,21H,9-11H2,1-4H3,(H,20,23)(H,22,24)/t16-/m0/s1. The molecule has 26 heavy (non-hydrogen) atoms. The van der Waals surface area contributed by atoms with E-state index in [1.165, 1.54) is 0 Å². The minimum Gasteiger partial charge on any atom is -0.444 e. The highest BCUT2D eigenvalue weighted by atomic mass is 16.6. The van der Waals surface area contributed by atoms with E-state index in [-0.39, 0.29) is 5.91 Å². The fourth-order valence-electron chi connectivity index (χ4n) is 2.58. The molecule has 1 aromatic heterocycles. The quantitative estimate of drug-likeness (QED) is 0.660. The Morgan fingerprint density at radius 2 is 1.96 bits per heavy atom. The number of fused-ring (bicyclic) bond motifs is 1. The predicted octanol–water partition coefficient (Wildman–Crippen LogP) is 2.37. The molecule has 7 nitrogen and oxygen atoms in total. The monoisotopic (exact) mass is 361 g/mol. The molecule has 2 aromatic rings. The summed E-state index contributed by atoms with van der Waals surface area (Å²) < 4.78 is 10.2. The number of aromatic amines is 1. The summed E-state index contributed by atoms with van der Waals surface area (Å²) in [5.41, 5.74) is 1.30. The SMILES string of the molecule is COCCNC(=O)[C@H](Cc1c[nH]c2ccccc12)NC(=O)OC(C)(C)C. The molecule has 3 N–H and O–H groups in total. The summed E-state index contributed by atoms with van der Waals surface area (Å²) in [7, 11) is 1.56. The highest BCUT2D eigenvalue weighted by molar-refractivity contribution is 5.88. The molecule has 0 aliphatic heterocycles. The van der Waals surface area contributed by atoms with Gasteiger partial charge in [0.1, 0.15) is 11.6 Å². The summed E-state index contributed by atoms with van der Waals surface area (Å²) in [5, 5.41) is 6.46. The molecule has 0 fully saturated rings. The van der Waals surface area contributed by atoms with E-state index in [4.69, 9.17) is 9.47 Å². The van der Waals surface area contributed by atoms with Crippen molar-refractivity contribution in [3.63, 3.8) is 0 Å². The van der Waals surface area contributed by atoms with E-state index in [0.29, 0.717) is 19.6 Å². The third-order valence-electron chi connectivity index (χ3n) is 3.71. The summed E-state index contributed by atoms with van der Waals surface area (Å²) in [6.07, 6.45) is 1.59. The number of rotatable bonds is 7. The molecule has 0 radical (unpaired) electrons. The molecule has 2 amide bonds. The molecule has 7 heteroatoms. The molecule has 1 heterocycles. The van der Waals surface area contributed by atoms with E-state index in [9.17, 15) is 9.59 Å². The average molecular weight is 361 g/mol. The number of aromatic nitrogens is 1. The zero-order chi connectivity index (χ0) is 19.2. The third-order valence-corrected chi connectivity index (χ3v) is 3.71. The number of H-pyrrole nitrogens is 1. The molecule has 142 valence electrons. The fraction of sp³-hybridized carbons (Fsp3) is 0.474. The van der Waals surface area contributed by atoms with Crippen LogP contribution in [0, 0.1) is 0 Å². The number of para-hydroxylation sites is 1. The summed E-state index contributed by atoms with van der Waals surface area (Å²) in [6, 6.07) is 7.08. The van der Waals surface area contributed by atoms with Crippen LogP contribution in [0.25, 0.3) is 10.9 Å². The van der Waals surface area contributed by atoms with Gasteiger partial charge in [0.15, 0.2) is 0 Å². The Bertz CT molecular complexity index is 749. The Kier molecular flexibility index (Phi) is 6.63. The van der Waals surface area contributed by atoms with Crippen LogP contribution in [0.5, 0.6) is 0 Å². The van der Waals surface area contributed by atoms with E-state index in [1.807, 2.05) is 30.5 Å². The van der Waals surface area contributed by atoms with Gasteiger partial charge in [0, 0.05) is 37.2 Å². The first-order valence-corrected chi connectivity index (χ1v) is 8.61. The number of ether oxygens (including phenoxy) is 2. The normalized spacial score (nSPS) is 12.6. The lowest BCUT2D eigenvalue weighted by Gasteiger charge is -2.23. The Morgan fingerprint density at radius 3 is 2.65 bits per heavy atom. The van der Waals surface area contributed by atoms with Gasteiger partial charge in [-0.05, 0) is 32.4 Å². The number of carbonyl (C=O) groups excluding carboxylic acids is 2. The van der Waals surface area contributed by atoms with Crippen molar-refractivity contribution in [2.45, 2.75) is 38.8 Å². The number of hydrogen-bond acceptors (Lipinski definition) is 4. The van der Waals surface area contributed by atoms with Gasteiger partial charge in [-0.2, -0.15) is 0 Å². The summed E-state index contributed by atoms with van der Waals surface area (Å²) in [4.78, 5) is 27.9. The minimum absolute atomic E-state index is 0.279. The van der Waals surface area contributed by atoms with Crippen molar-refractivity contribution in [2.75, 3.05) is 20.3 Å². The average Bonchev–Trinajstić information content (AvgIpc) is 2.96. The molecular formula is C19H27N3O4. The molecule has 0 spiro atoms. The Balaban J connectivity index is 2.13. The van der Waals surface area contributed by atoms with Crippen molar-refractivity contribution in [3.8, 4) is 0 Å². The van der Waals surface area contributed by atoms with Crippen LogP contribution in [0.1, 0.15) is 26.3 Å². The van der Waals surface area contributed by atoms with Crippen LogP contribution in [0.2, 0.25) is 0 Å². The van der Waals surface area contributed by atoms with Gasteiger partial charge in [-0.1, -0.05) is 18.2 Å². The van der Waals surface area contributed by atoms with Crippen molar-refractivity contribution >= 4 is 22.9 Å². The van der Waals surface area contributed by atoms with Crippen LogP contribution < -0.4 is 10.6 Å². The van der Waals surface area contributed by atoms with Gasteiger partial charge in [-0.25, -0.2) is 4.79 Å². The van der Waals surface area contributed by atoms with Crippen LogP contribution in [-0.4, -0.2) is 48.9 Å². The first-order chi connectivity index (χ1) is 12.3. The number of amides is 2. The number of carbonyl (C=O) groups is 2. The molecule has 2 rings (SSSR count). The maximum Gasteiger partial charge on any atom is 0.408 e. The van der Waals surface area contributed by atoms with E-state index < -0.39 is 17.7 Å². The Morgan fingerprint density at radius 1 is 1.23 bits per heavy atom. The number of hydrogen-bond donors (Lipinski definition) is 3. The highest BCUT2D eigenvalue weighted by Gasteiger charge is 2.25. The van der Waals surface area contributed by atoms with Crippen molar-refractivity contribution in [1.29, 1.82) is 0 Å². The topological polar surface area (TPSA) is 92.5 Å². The smallest absolute Gasteiger partial charge is 0.408 e. The molecule has 0 saturated heterocycles. The molecular weight excluding hydrogens is 334 g/mol. The van der Waals surface area contributed by atoms with Crippen molar-refractivity contribution in [2.24, 2.45) is 0 Å². The minimum atomic E-state index is -0.749. The van der Waals surface area contributed by atoms with Gasteiger partial charge in [0.05, 0.1) is 6.61 Å². The molecule has 0 saturated carbocycles. The van der Waals surface area contributed by atoms with E-state index in [2.05, 4.69) is 15.6 Å². The number of benzene rings is 1. The number of methoxy groups -OCH3 is 1. The van der Waals surface area contributed by atoms with Crippen LogP contribution >= 0.6 is 0 Å². The van der Waals surface area contributed by atoms with Crippen LogP contribution in [0.4, 0.5) is 4.79 Å². The maximum atomic E-state index is 12.5. The zero-order valence-corrected chi connectivity index (χ0v) is 15.7. The van der Waals surface area contributed by atoms with Gasteiger partial charge < -0.3 is 25.1 Å². The summed E-state index contributed by atoms with van der Waals surface area (Å²) in [5.74, 6) is -0.279. The second kappa shape index (κ2) is 8.71. The molecule has 0 unspecified atom stereocenters. The van der Waals surface area contributed by atoms with Gasteiger partial charge in [0.25, 0.3) is 0 Å². The second-order valence-corrected chi connectivity index (χ2v) is 7.05.